The Balaban J connectivity index is 0. The van der Waals surface area contributed by atoms with Crippen LogP contribution in [0.1, 0.15) is 6.92 Å². The van der Waals surface area contributed by atoms with Crippen LogP contribution in [0.5, 0.6) is 0 Å². The first-order chi connectivity index (χ1) is 7.76. The van der Waals surface area contributed by atoms with Crippen LogP contribution in [0, 0.1) is 0 Å². The molecule has 1 amide bonds. The minimum atomic E-state index is -1.18. The van der Waals surface area contributed by atoms with Crippen molar-refractivity contribution in [3.05, 3.63) is 0 Å². The molecule has 0 fully saturated rings. The summed E-state index contributed by atoms with van der Waals surface area (Å²) in [7, 11) is 0. The predicted molar refractivity (Wildman–Crippen MR) is 61.8 cm³/mol. The number of aliphatic hydroxyl groups excluding tert-OH is 1. The fourth-order valence-electron chi connectivity index (χ4n) is 0.509. The number of carbonyl (C=O) groups excluding carboxylic acids is 1. The second-order valence-electron chi connectivity index (χ2n) is 2.90. The highest BCUT2D eigenvalue weighted by Gasteiger charge is 2.15. The van der Waals surface area contributed by atoms with E-state index in [-0.39, 0.29) is 11.7 Å². The van der Waals surface area contributed by atoms with Gasteiger partial charge >= 0.3 is 11.9 Å². The minimum absolute atomic E-state index is 0.106. The maximum atomic E-state index is 10.3. The average Bonchev–Trinajstić information content (AvgIpc) is 2.24. The quantitative estimate of drug-likeness (QED) is 0.312. The fourth-order valence-corrected chi connectivity index (χ4v) is 0.756. The van der Waals surface area contributed by atoms with E-state index in [1.165, 1.54) is 6.92 Å². The van der Waals surface area contributed by atoms with E-state index in [0.29, 0.717) is 0 Å². The number of thiol groups is 1. The van der Waals surface area contributed by atoms with E-state index in [2.05, 4.69) is 17.9 Å². The topological polar surface area (TPSA) is 150 Å². The summed E-state index contributed by atoms with van der Waals surface area (Å²) in [6.07, 6.45) is 0. The maximum Gasteiger partial charge on any atom is 0.327 e. The number of carbonyl (C=O) groups is 3. The van der Waals surface area contributed by atoms with E-state index in [0.717, 1.165) is 0 Å². The average molecular weight is 268 g/mol. The molecule has 0 aliphatic heterocycles. The van der Waals surface area contributed by atoms with E-state index in [9.17, 15) is 14.4 Å². The summed E-state index contributed by atoms with van der Waals surface area (Å²) in [6, 6.07) is -2.00. The van der Waals surface area contributed by atoms with E-state index in [4.69, 9.17) is 21.1 Å². The Hall–Kier alpha value is -1.32. The molecule has 8 nitrogen and oxygen atoms in total. The summed E-state index contributed by atoms with van der Waals surface area (Å²) in [5.41, 5.74) is 4.77. The first-order valence-corrected chi connectivity index (χ1v) is 5.09. The molecule has 0 aromatic carbocycles. The molecule has 0 radical (unpaired) electrons. The van der Waals surface area contributed by atoms with Gasteiger partial charge in [0.2, 0.25) is 5.91 Å². The van der Waals surface area contributed by atoms with Gasteiger partial charge in [0.1, 0.15) is 12.1 Å². The van der Waals surface area contributed by atoms with Crippen molar-refractivity contribution in [2.45, 2.75) is 19.0 Å². The number of rotatable bonds is 5. The second-order valence-corrected chi connectivity index (χ2v) is 3.27. The molecule has 100 valence electrons. The Bertz CT molecular complexity index is 273. The molecule has 0 aromatic heterocycles. The molecule has 0 bridgehead atoms. The highest BCUT2D eigenvalue weighted by molar-refractivity contribution is 7.80. The predicted octanol–water partition coefficient (Wildman–Crippen LogP) is -2.10. The summed E-state index contributed by atoms with van der Waals surface area (Å²) in [5.74, 6) is -2.50. The lowest BCUT2D eigenvalue weighted by atomic mass is 10.3. The summed E-state index contributed by atoms with van der Waals surface area (Å²) < 4.78 is 0. The normalized spacial score (nSPS) is 12.7. The third kappa shape index (κ3) is 11.0. The van der Waals surface area contributed by atoms with Crippen LogP contribution in [0.25, 0.3) is 0 Å². The van der Waals surface area contributed by atoms with Crippen LogP contribution in [0.4, 0.5) is 0 Å². The van der Waals surface area contributed by atoms with Crippen LogP contribution < -0.4 is 11.1 Å². The van der Waals surface area contributed by atoms with Crippen molar-refractivity contribution in [3.8, 4) is 0 Å². The lowest BCUT2D eigenvalue weighted by Crippen LogP contribution is -2.40. The number of nitrogens with two attached hydrogens (primary N) is 1. The molecule has 2 atom stereocenters. The molecule has 17 heavy (non-hydrogen) atoms. The number of carboxylic acid groups (broad SMARTS) is 2. The summed E-state index contributed by atoms with van der Waals surface area (Å²) in [5, 5.41) is 26.5. The molecule has 0 aliphatic carbocycles. The standard InChI is InChI=1S/C5H9NO3S.C3H7NO3/c1-3(7)6-4(2-10)5(8)9;4-2(1-5)3(6)7/h4,10H,2H2,1H3,(H,6,7)(H,8,9);2,5H,1,4H2,(H,6,7)/t;2-/m.1/s1. The lowest BCUT2D eigenvalue weighted by molar-refractivity contribution is -0.141. The molecule has 0 aromatic rings. The largest absolute Gasteiger partial charge is 0.480 e. The van der Waals surface area contributed by atoms with Gasteiger partial charge in [-0.2, -0.15) is 12.6 Å². The van der Waals surface area contributed by atoms with Crippen molar-refractivity contribution >= 4 is 30.5 Å². The summed E-state index contributed by atoms with van der Waals surface area (Å²) in [6.45, 7) is 0.759. The smallest absolute Gasteiger partial charge is 0.327 e. The van der Waals surface area contributed by atoms with E-state index in [1.807, 2.05) is 0 Å². The van der Waals surface area contributed by atoms with Crippen LogP contribution in [0.3, 0.4) is 0 Å². The zero-order chi connectivity index (χ0) is 14.0. The van der Waals surface area contributed by atoms with Gasteiger partial charge in [0, 0.05) is 12.7 Å². The fraction of sp³-hybridized carbons (Fsp3) is 0.625. The Labute approximate surface area is 103 Å². The van der Waals surface area contributed by atoms with Crippen molar-refractivity contribution in [3.63, 3.8) is 0 Å². The van der Waals surface area contributed by atoms with Gasteiger partial charge in [0.25, 0.3) is 0 Å². The molecule has 6 N–H and O–H groups in total. The van der Waals surface area contributed by atoms with Crippen molar-refractivity contribution in [1.29, 1.82) is 0 Å². The van der Waals surface area contributed by atoms with Crippen LogP contribution in [0.15, 0.2) is 0 Å². The van der Waals surface area contributed by atoms with Gasteiger partial charge in [-0.3, -0.25) is 9.59 Å². The minimum Gasteiger partial charge on any atom is -0.480 e. The number of aliphatic carboxylic acids is 2. The number of carboxylic acids is 2. The monoisotopic (exact) mass is 268 g/mol. The van der Waals surface area contributed by atoms with E-state index >= 15 is 0 Å². The first-order valence-electron chi connectivity index (χ1n) is 4.46. The van der Waals surface area contributed by atoms with Crippen molar-refractivity contribution in [2.75, 3.05) is 12.4 Å². The van der Waals surface area contributed by atoms with Crippen molar-refractivity contribution < 1.29 is 29.7 Å². The zero-order valence-corrected chi connectivity index (χ0v) is 10.1. The molecule has 0 spiro atoms. The zero-order valence-electron chi connectivity index (χ0n) is 9.16. The second kappa shape index (κ2) is 9.87. The Morgan fingerprint density at radius 1 is 1.29 bits per heavy atom. The molecule has 0 aliphatic rings. The molecule has 1 unspecified atom stereocenters. The Morgan fingerprint density at radius 2 is 1.76 bits per heavy atom. The number of aliphatic hydroxyl groups is 1. The van der Waals surface area contributed by atoms with E-state index in [1.54, 1.807) is 0 Å². The van der Waals surface area contributed by atoms with Gasteiger partial charge in [0.05, 0.1) is 6.61 Å². The van der Waals surface area contributed by atoms with Crippen LogP contribution in [-0.2, 0) is 14.4 Å². The van der Waals surface area contributed by atoms with Gasteiger partial charge in [-0.25, -0.2) is 4.79 Å². The third-order valence-electron chi connectivity index (χ3n) is 1.37. The lowest BCUT2D eigenvalue weighted by Gasteiger charge is -2.08. The van der Waals surface area contributed by atoms with Crippen LogP contribution >= 0.6 is 12.6 Å². The first kappa shape index (κ1) is 18.1. The summed E-state index contributed by atoms with van der Waals surface area (Å²) >= 11 is 3.73. The third-order valence-corrected chi connectivity index (χ3v) is 1.74. The number of amides is 1. The molecule has 9 heteroatoms. The SMILES string of the molecule is CC(=O)NC(CS)C(=O)O.N[C@H](CO)C(=O)O. The molecular formula is C8H16N2O6S. The highest BCUT2D eigenvalue weighted by Crippen LogP contribution is 1.86. The van der Waals surface area contributed by atoms with Gasteiger partial charge < -0.3 is 26.4 Å². The highest BCUT2D eigenvalue weighted by atomic mass is 32.1. The van der Waals surface area contributed by atoms with Gasteiger partial charge in [-0.05, 0) is 0 Å². The number of nitrogens with one attached hydrogen (secondary N) is 1. The maximum absolute atomic E-state index is 10.3. The van der Waals surface area contributed by atoms with Gasteiger partial charge in [-0.15, -0.1) is 0 Å². The van der Waals surface area contributed by atoms with Gasteiger partial charge in [-0.1, -0.05) is 0 Å². The molecule has 0 rings (SSSR count). The van der Waals surface area contributed by atoms with Crippen molar-refractivity contribution in [1.82, 2.24) is 5.32 Å². The van der Waals surface area contributed by atoms with Crippen LogP contribution in [-0.4, -0.2) is 57.6 Å². The number of hydrogen-bond acceptors (Lipinski definition) is 6. The molecule has 0 saturated carbocycles. The molecular weight excluding hydrogens is 252 g/mol. The Kier molecular flexibility index (Phi) is 10.5. The molecule has 0 heterocycles. The summed E-state index contributed by atoms with van der Waals surface area (Å²) in [4.78, 5) is 30.2. The number of hydrogen-bond donors (Lipinski definition) is 6. The van der Waals surface area contributed by atoms with Gasteiger partial charge in [0.15, 0.2) is 0 Å². The molecule has 0 saturated heterocycles. The van der Waals surface area contributed by atoms with E-state index < -0.39 is 30.6 Å². The Morgan fingerprint density at radius 3 is 1.82 bits per heavy atom. The van der Waals surface area contributed by atoms with Crippen molar-refractivity contribution in [2.24, 2.45) is 5.73 Å². The van der Waals surface area contributed by atoms with Crippen LogP contribution in [0.2, 0.25) is 0 Å².